The minimum absolute atomic E-state index is 0.00511. The molecular weight excluding hydrogens is 495 g/mol. The van der Waals surface area contributed by atoms with Crippen LogP contribution in [-0.4, -0.2) is 40.4 Å². The maximum atomic E-state index is 13.4. The largest absolute Gasteiger partial charge is 0.497 e. The van der Waals surface area contributed by atoms with E-state index in [2.05, 4.69) is 5.10 Å². The fraction of sp³-hybridized carbons (Fsp3) is 0.238. The monoisotopic (exact) mass is 513 g/mol. The van der Waals surface area contributed by atoms with Crippen LogP contribution in [0.15, 0.2) is 46.8 Å². The summed E-state index contributed by atoms with van der Waals surface area (Å²) >= 11 is 0.793. The van der Waals surface area contributed by atoms with Crippen LogP contribution in [0.5, 0.6) is 5.75 Å². The quantitative estimate of drug-likeness (QED) is 0.393. The number of alkyl halides is 3. The number of nitrogens with zero attached hydrogens (tertiary/aromatic N) is 3. The second kappa shape index (κ2) is 8.47. The number of fused-ring (bicyclic) bond motifs is 1. The number of methoxy groups -OCH3 is 1. The Labute approximate surface area is 195 Å². The molecule has 0 unspecified atom stereocenters. The van der Waals surface area contributed by atoms with E-state index in [9.17, 15) is 26.4 Å². The number of carboxylic acids is 1. The lowest BCUT2D eigenvalue weighted by atomic mass is 10.1. The van der Waals surface area contributed by atoms with E-state index >= 15 is 0 Å². The molecule has 0 saturated heterocycles. The summed E-state index contributed by atoms with van der Waals surface area (Å²) in [6.45, 7) is 0. The van der Waals surface area contributed by atoms with Gasteiger partial charge in [0.2, 0.25) is 0 Å². The minimum atomic E-state index is -4.59. The Hall–Kier alpha value is -3.32. The highest BCUT2D eigenvalue weighted by Crippen LogP contribution is 2.37. The number of thiophene rings is 1. The van der Waals surface area contributed by atoms with E-state index in [1.165, 1.54) is 25.4 Å². The Balaban J connectivity index is 1.78. The van der Waals surface area contributed by atoms with Gasteiger partial charge in [0.25, 0.3) is 10.0 Å². The van der Waals surface area contributed by atoms with Gasteiger partial charge in [0, 0.05) is 25.1 Å². The van der Waals surface area contributed by atoms with Crippen molar-refractivity contribution in [3.8, 4) is 16.3 Å². The molecule has 0 aliphatic heterocycles. The molecule has 3 aromatic heterocycles. The van der Waals surface area contributed by atoms with Crippen molar-refractivity contribution in [3.05, 3.63) is 53.9 Å². The molecule has 0 amide bonds. The molecule has 1 N–H and O–H groups in total. The van der Waals surface area contributed by atoms with Crippen LogP contribution in [0.4, 0.5) is 13.2 Å². The van der Waals surface area contributed by atoms with Crippen molar-refractivity contribution in [1.29, 1.82) is 0 Å². The molecular formula is C21H18F3N3O5S2. The molecule has 0 bridgehead atoms. The number of ether oxygens (including phenoxy) is 1. The zero-order valence-corrected chi connectivity index (χ0v) is 19.5. The Morgan fingerprint density at radius 2 is 1.94 bits per heavy atom. The average Bonchev–Trinajstić information content (AvgIpc) is 3.48. The Bertz CT molecular complexity index is 1500. The van der Waals surface area contributed by atoms with Crippen molar-refractivity contribution in [2.75, 3.05) is 7.11 Å². The van der Waals surface area contributed by atoms with E-state index in [-0.39, 0.29) is 27.6 Å². The van der Waals surface area contributed by atoms with Crippen LogP contribution >= 0.6 is 11.3 Å². The molecule has 0 spiro atoms. The first kappa shape index (κ1) is 23.8. The van der Waals surface area contributed by atoms with Crippen molar-refractivity contribution in [2.24, 2.45) is 7.05 Å². The van der Waals surface area contributed by atoms with Crippen LogP contribution in [0.2, 0.25) is 0 Å². The normalized spacial score (nSPS) is 12.4. The van der Waals surface area contributed by atoms with Crippen LogP contribution in [0, 0.1) is 0 Å². The second-order valence-electron chi connectivity index (χ2n) is 7.39. The number of aromatic nitrogens is 3. The van der Waals surface area contributed by atoms with E-state index in [4.69, 9.17) is 9.84 Å². The molecule has 8 nitrogen and oxygen atoms in total. The zero-order chi connectivity index (χ0) is 24.8. The van der Waals surface area contributed by atoms with Crippen LogP contribution in [0.3, 0.4) is 0 Å². The summed E-state index contributed by atoms with van der Waals surface area (Å²) in [5.41, 5.74) is -0.108. The van der Waals surface area contributed by atoms with Gasteiger partial charge in [0.05, 0.1) is 17.5 Å². The van der Waals surface area contributed by atoms with Gasteiger partial charge in [-0.15, -0.1) is 11.3 Å². The van der Waals surface area contributed by atoms with E-state index in [1.54, 1.807) is 18.2 Å². The SMILES string of the molecule is COc1ccc2c(c1)c(CCC(=O)O)cn2S(=O)(=O)c1ccc(-c2cc(C(F)(F)F)n(C)n2)s1. The highest BCUT2D eigenvalue weighted by atomic mass is 32.2. The van der Waals surface area contributed by atoms with Gasteiger partial charge in [-0.2, -0.15) is 26.7 Å². The first-order valence-corrected chi connectivity index (χ1v) is 12.0. The third-order valence-electron chi connectivity index (χ3n) is 5.19. The number of carbonyl (C=O) groups is 1. The molecule has 34 heavy (non-hydrogen) atoms. The standard InChI is InChI=1S/C21H18F3N3O5S2/c1-26-18(21(22,23)24)10-15(25-26)17-6-8-20(33-17)34(30,31)27-11-12(3-7-19(28)29)14-9-13(32-2)4-5-16(14)27/h4-6,8-11H,3,7H2,1-2H3,(H,28,29). The van der Waals surface area contributed by atoms with Crippen molar-refractivity contribution in [1.82, 2.24) is 13.8 Å². The van der Waals surface area contributed by atoms with Crippen molar-refractivity contribution in [3.63, 3.8) is 0 Å². The molecule has 1 aromatic carbocycles. The summed E-state index contributed by atoms with van der Waals surface area (Å²) in [5.74, 6) is -0.545. The Kier molecular flexibility index (Phi) is 5.94. The molecule has 0 fully saturated rings. The van der Waals surface area contributed by atoms with Crippen LogP contribution in [0.25, 0.3) is 21.5 Å². The van der Waals surface area contributed by atoms with Gasteiger partial charge in [-0.25, -0.2) is 3.97 Å². The number of hydrogen-bond acceptors (Lipinski definition) is 6. The van der Waals surface area contributed by atoms with E-state index < -0.39 is 27.9 Å². The third-order valence-corrected chi connectivity index (χ3v) is 8.43. The summed E-state index contributed by atoms with van der Waals surface area (Å²) in [7, 11) is -1.51. The van der Waals surface area contributed by atoms with Gasteiger partial charge in [-0.1, -0.05) is 0 Å². The lowest BCUT2D eigenvalue weighted by Gasteiger charge is -2.06. The van der Waals surface area contributed by atoms with Crippen LogP contribution < -0.4 is 4.74 Å². The fourth-order valence-corrected chi connectivity index (χ4v) is 6.30. The molecule has 13 heteroatoms. The molecule has 3 heterocycles. The van der Waals surface area contributed by atoms with Gasteiger partial charge < -0.3 is 9.84 Å². The van der Waals surface area contributed by atoms with Gasteiger partial charge in [0.1, 0.15) is 21.3 Å². The number of benzene rings is 1. The molecule has 0 saturated carbocycles. The Morgan fingerprint density at radius 3 is 2.56 bits per heavy atom. The summed E-state index contributed by atoms with van der Waals surface area (Å²) in [6.07, 6.45) is -3.32. The van der Waals surface area contributed by atoms with Crippen molar-refractivity contribution < 1.29 is 36.2 Å². The van der Waals surface area contributed by atoms with Crippen molar-refractivity contribution in [2.45, 2.75) is 23.2 Å². The predicted octanol–water partition coefficient (Wildman–Crippen LogP) is 4.38. The Morgan fingerprint density at radius 1 is 1.21 bits per heavy atom. The van der Waals surface area contributed by atoms with E-state index in [0.29, 0.717) is 26.9 Å². The molecule has 0 aliphatic rings. The topological polar surface area (TPSA) is 103 Å². The maximum Gasteiger partial charge on any atom is 0.433 e. The number of hydrogen-bond donors (Lipinski definition) is 1. The van der Waals surface area contributed by atoms with E-state index in [1.807, 2.05) is 0 Å². The molecule has 0 atom stereocenters. The van der Waals surface area contributed by atoms with Crippen molar-refractivity contribution >= 4 is 38.2 Å². The highest BCUT2D eigenvalue weighted by Gasteiger charge is 2.35. The van der Waals surface area contributed by atoms with Gasteiger partial charge in [-0.05, 0) is 48.4 Å². The summed E-state index contributed by atoms with van der Waals surface area (Å²) in [5, 5.41) is 13.4. The first-order chi connectivity index (χ1) is 15.9. The molecule has 180 valence electrons. The molecule has 4 rings (SSSR count). The molecule has 4 aromatic rings. The first-order valence-electron chi connectivity index (χ1n) is 9.78. The smallest absolute Gasteiger partial charge is 0.433 e. The highest BCUT2D eigenvalue weighted by molar-refractivity contribution is 7.92. The van der Waals surface area contributed by atoms with Crippen LogP contribution in [-0.2, 0) is 34.5 Å². The number of rotatable bonds is 7. The zero-order valence-electron chi connectivity index (χ0n) is 17.8. The number of carboxylic acid groups (broad SMARTS) is 1. The van der Waals surface area contributed by atoms with Gasteiger partial charge in [-0.3, -0.25) is 9.48 Å². The number of halogens is 3. The molecule has 0 radical (unpaired) electrons. The fourth-order valence-electron chi connectivity index (χ4n) is 3.56. The number of aliphatic carboxylic acids is 1. The minimum Gasteiger partial charge on any atom is -0.497 e. The third kappa shape index (κ3) is 4.28. The summed E-state index contributed by atoms with van der Waals surface area (Å²) < 4.78 is 73.1. The lowest BCUT2D eigenvalue weighted by Crippen LogP contribution is -2.11. The summed E-state index contributed by atoms with van der Waals surface area (Å²) in [4.78, 5) is 11.3. The second-order valence-corrected chi connectivity index (χ2v) is 10.5. The lowest BCUT2D eigenvalue weighted by molar-refractivity contribution is -0.143. The maximum absolute atomic E-state index is 13.4. The summed E-state index contributed by atoms with van der Waals surface area (Å²) in [6, 6.07) is 8.35. The van der Waals surface area contributed by atoms with E-state index in [0.717, 1.165) is 28.4 Å². The van der Waals surface area contributed by atoms with Gasteiger partial charge in [0.15, 0.2) is 0 Å². The average molecular weight is 514 g/mol. The van der Waals surface area contributed by atoms with Crippen LogP contribution in [0.1, 0.15) is 17.7 Å². The van der Waals surface area contributed by atoms with Gasteiger partial charge >= 0.3 is 12.1 Å². The predicted molar refractivity (Wildman–Crippen MR) is 119 cm³/mol. The molecule has 0 aliphatic carbocycles. The number of aryl methyl sites for hydroxylation is 2.